The second kappa shape index (κ2) is 10.0. The first-order valence-electron chi connectivity index (χ1n) is 9.64. The van der Waals surface area contributed by atoms with Crippen LogP contribution in [0.3, 0.4) is 0 Å². The number of nitrogens with one attached hydrogen (secondary N) is 1. The Balaban J connectivity index is 2.35. The smallest absolute Gasteiger partial charge is 0.341 e. The molecule has 7 heteroatoms. The van der Waals surface area contributed by atoms with E-state index in [1.165, 1.54) is 7.11 Å². The fourth-order valence-electron chi connectivity index (χ4n) is 3.28. The third-order valence-corrected chi connectivity index (χ3v) is 4.59. The molecule has 0 radical (unpaired) electrons. The van der Waals surface area contributed by atoms with E-state index in [1.54, 1.807) is 26.4 Å². The van der Waals surface area contributed by atoms with Crippen LogP contribution >= 0.6 is 0 Å². The number of ether oxygens (including phenoxy) is 3. The fraction of sp³-hybridized carbons (Fsp3) is 0.455. The highest BCUT2D eigenvalue weighted by molar-refractivity contribution is 5.95. The summed E-state index contributed by atoms with van der Waals surface area (Å²) in [5, 5.41) is 3.32. The molecule has 1 aromatic carbocycles. The number of carbonyl (C=O) groups is 1. The number of esters is 1. The third-order valence-electron chi connectivity index (χ3n) is 4.59. The molecule has 0 fully saturated rings. The first-order chi connectivity index (χ1) is 13.8. The number of nitrogens with zero attached hydrogens (tertiary/aromatic N) is 2. The summed E-state index contributed by atoms with van der Waals surface area (Å²) >= 11 is 0. The van der Waals surface area contributed by atoms with Crippen molar-refractivity contribution in [2.24, 2.45) is 0 Å². The zero-order valence-corrected chi connectivity index (χ0v) is 18.3. The van der Waals surface area contributed by atoms with Crippen molar-refractivity contribution in [3.8, 4) is 11.5 Å². The van der Waals surface area contributed by atoms with Crippen LogP contribution in [0, 0.1) is 0 Å². The van der Waals surface area contributed by atoms with Gasteiger partial charge in [-0.25, -0.2) is 9.78 Å². The van der Waals surface area contributed by atoms with Gasteiger partial charge < -0.3 is 24.4 Å². The van der Waals surface area contributed by atoms with E-state index in [2.05, 4.69) is 37.9 Å². The van der Waals surface area contributed by atoms with E-state index in [9.17, 15) is 4.79 Å². The Labute approximate surface area is 173 Å². The van der Waals surface area contributed by atoms with Crippen molar-refractivity contribution in [1.82, 2.24) is 4.98 Å². The fourth-order valence-corrected chi connectivity index (χ4v) is 3.28. The number of methoxy groups -OCH3 is 3. The molecule has 0 bridgehead atoms. The number of rotatable bonds is 9. The number of hydrogen-bond acceptors (Lipinski definition) is 7. The maximum Gasteiger partial charge on any atom is 0.341 e. The van der Waals surface area contributed by atoms with Crippen LogP contribution in [0.15, 0.2) is 30.3 Å². The van der Waals surface area contributed by atoms with Gasteiger partial charge in [0.15, 0.2) is 0 Å². The topological polar surface area (TPSA) is 72.9 Å². The molecule has 1 heterocycles. The average molecular weight is 402 g/mol. The van der Waals surface area contributed by atoms with E-state index < -0.39 is 5.97 Å². The van der Waals surface area contributed by atoms with Gasteiger partial charge in [0.25, 0.3) is 0 Å². The summed E-state index contributed by atoms with van der Waals surface area (Å²) in [6.07, 6.45) is 0. The molecule has 1 N–H and O–H groups in total. The van der Waals surface area contributed by atoms with E-state index in [-0.39, 0.29) is 12.1 Å². The van der Waals surface area contributed by atoms with Crippen molar-refractivity contribution in [3.05, 3.63) is 41.5 Å². The highest BCUT2D eigenvalue weighted by Gasteiger charge is 2.23. The van der Waals surface area contributed by atoms with Crippen molar-refractivity contribution in [2.75, 3.05) is 31.5 Å². The lowest BCUT2D eigenvalue weighted by Gasteiger charge is -2.33. The van der Waals surface area contributed by atoms with Crippen molar-refractivity contribution in [2.45, 2.75) is 46.3 Å². The first kappa shape index (κ1) is 22.3. The second-order valence-electron chi connectivity index (χ2n) is 7.19. The molecule has 0 aliphatic heterocycles. The summed E-state index contributed by atoms with van der Waals surface area (Å²) in [4.78, 5) is 19.1. The van der Waals surface area contributed by atoms with Gasteiger partial charge in [-0.1, -0.05) is 0 Å². The Morgan fingerprint density at radius 2 is 1.72 bits per heavy atom. The Morgan fingerprint density at radius 1 is 1.03 bits per heavy atom. The van der Waals surface area contributed by atoms with E-state index in [4.69, 9.17) is 19.2 Å². The summed E-state index contributed by atoms with van der Waals surface area (Å²) in [5.74, 6) is 2.33. The highest BCUT2D eigenvalue weighted by atomic mass is 16.5. The molecule has 2 rings (SSSR count). The molecule has 1 aromatic heterocycles. The van der Waals surface area contributed by atoms with Gasteiger partial charge >= 0.3 is 5.97 Å². The lowest BCUT2D eigenvalue weighted by Crippen LogP contribution is -2.39. The Kier molecular flexibility index (Phi) is 7.70. The van der Waals surface area contributed by atoms with Gasteiger partial charge in [-0.2, -0.15) is 0 Å². The van der Waals surface area contributed by atoms with Gasteiger partial charge in [-0.05, 0) is 52.0 Å². The molecule has 0 saturated carbocycles. The van der Waals surface area contributed by atoms with Crippen LogP contribution < -0.4 is 19.7 Å². The molecule has 2 aromatic rings. The number of hydrogen-bond donors (Lipinski definition) is 1. The molecule has 0 saturated heterocycles. The summed E-state index contributed by atoms with van der Waals surface area (Å²) < 4.78 is 15.7. The molecule has 0 unspecified atom stereocenters. The lowest BCUT2D eigenvalue weighted by atomic mass is 10.1. The molecule has 0 aliphatic carbocycles. The van der Waals surface area contributed by atoms with Crippen LogP contribution in [0.25, 0.3) is 0 Å². The molecular formula is C22H31N3O4. The first-order valence-corrected chi connectivity index (χ1v) is 9.64. The normalized spacial score (nSPS) is 10.8. The summed E-state index contributed by atoms with van der Waals surface area (Å²) in [6, 6.07) is 9.55. The van der Waals surface area contributed by atoms with Crippen molar-refractivity contribution in [3.63, 3.8) is 0 Å². The zero-order valence-electron chi connectivity index (χ0n) is 18.3. The maximum absolute atomic E-state index is 12.3. The lowest BCUT2D eigenvalue weighted by molar-refractivity contribution is 0.0601. The van der Waals surface area contributed by atoms with E-state index in [0.717, 1.165) is 17.1 Å². The van der Waals surface area contributed by atoms with E-state index in [0.29, 0.717) is 23.7 Å². The average Bonchev–Trinajstić information content (AvgIpc) is 2.71. The molecule has 0 aliphatic rings. The largest absolute Gasteiger partial charge is 0.497 e. The van der Waals surface area contributed by atoms with Gasteiger partial charge in [0, 0.05) is 30.3 Å². The summed E-state index contributed by atoms with van der Waals surface area (Å²) in [7, 11) is 4.63. The SMILES string of the molecule is COC(=O)c1ccc(NCc2ccc(OC)cc2OC)nc1N(C(C)C)C(C)C. The number of carbonyl (C=O) groups excluding carboxylic acids is 1. The van der Waals surface area contributed by atoms with Crippen molar-refractivity contribution < 1.29 is 19.0 Å². The third kappa shape index (κ3) is 5.31. The molecule has 0 atom stereocenters. The van der Waals surface area contributed by atoms with Crippen LogP contribution in [0.1, 0.15) is 43.6 Å². The minimum atomic E-state index is -0.401. The predicted octanol–water partition coefficient (Wildman–Crippen LogP) is 4.12. The number of anilines is 2. The Morgan fingerprint density at radius 3 is 2.28 bits per heavy atom. The Hall–Kier alpha value is -2.96. The number of pyridine rings is 1. The van der Waals surface area contributed by atoms with E-state index >= 15 is 0 Å². The Bertz CT molecular complexity index is 829. The van der Waals surface area contributed by atoms with Gasteiger partial charge in [0.2, 0.25) is 0 Å². The summed E-state index contributed by atoms with van der Waals surface area (Å²) in [6.45, 7) is 8.81. The molecule has 0 spiro atoms. The van der Waals surface area contributed by atoms with Crippen molar-refractivity contribution >= 4 is 17.6 Å². The number of benzene rings is 1. The van der Waals surface area contributed by atoms with Crippen LogP contribution in [0.2, 0.25) is 0 Å². The van der Waals surface area contributed by atoms with Gasteiger partial charge in [0.1, 0.15) is 28.7 Å². The molecule has 158 valence electrons. The standard InChI is InChI=1S/C22H31N3O4/c1-14(2)25(15(3)4)21-18(22(26)29-7)10-11-20(24-21)23-13-16-8-9-17(27-5)12-19(16)28-6/h8-12,14-15H,13H2,1-7H3,(H,23,24). The maximum atomic E-state index is 12.3. The summed E-state index contributed by atoms with van der Waals surface area (Å²) in [5.41, 5.74) is 1.42. The van der Waals surface area contributed by atoms with Gasteiger partial charge in [-0.3, -0.25) is 0 Å². The van der Waals surface area contributed by atoms with E-state index in [1.807, 2.05) is 18.2 Å². The molecule has 0 amide bonds. The van der Waals surface area contributed by atoms with Crippen LogP contribution in [0.4, 0.5) is 11.6 Å². The molecular weight excluding hydrogens is 370 g/mol. The van der Waals surface area contributed by atoms with Crippen LogP contribution in [0.5, 0.6) is 11.5 Å². The number of aromatic nitrogens is 1. The van der Waals surface area contributed by atoms with Gasteiger partial charge in [0.05, 0.1) is 21.3 Å². The molecule has 29 heavy (non-hydrogen) atoms. The zero-order chi connectivity index (χ0) is 21.6. The quantitative estimate of drug-likeness (QED) is 0.634. The molecule has 7 nitrogen and oxygen atoms in total. The minimum Gasteiger partial charge on any atom is -0.497 e. The monoisotopic (exact) mass is 401 g/mol. The van der Waals surface area contributed by atoms with Crippen LogP contribution in [-0.2, 0) is 11.3 Å². The van der Waals surface area contributed by atoms with Crippen molar-refractivity contribution in [1.29, 1.82) is 0 Å². The van der Waals surface area contributed by atoms with Crippen LogP contribution in [-0.4, -0.2) is 44.4 Å². The minimum absolute atomic E-state index is 0.169. The van der Waals surface area contributed by atoms with Gasteiger partial charge in [-0.15, -0.1) is 0 Å². The second-order valence-corrected chi connectivity index (χ2v) is 7.19. The highest BCUT2D eigenvalue weighted by Crippen LogP contribution is 2.28. The predicted molar refractivity (Wildman–Crippen MR) is 115 cm³/mol.